The highest BCUT2D eigenvalue weighted by Crippen LogP contribution is 2.29. The van der Waals surface area contributed by atoms with Gasteiger partial charge < -0.3 is 9.47 Å². The molecule has 19 heavy (non-hydrogen) atoms. The minimum absolute atomic E-state index is 0.306. The molecule has 6 nitrogen and oxygen atoms in total. The predicted molar refractivity (Wildman–Crippen MR) is 70.4 cm³/mol. The van der Waals surface area contributed by atoms with E-state index in [0.29, 0.717) is 41.9 Å². The third-order valence-electron chi connectivity index (χ3n) is 2.28. The molecule has 1 aromatic rings. The van der Waals surface area contributed by atoms with Crippen LogP contribution in [0.5, 0.6) is 11.5 Å². The van der Waals surface area contributed by atoms with Crippen LogP contribution in [0.3, 0.4) is 0 Å². The predicted octanol–water partition coefficient (Wildman–Crippen LogP) is 2.57. The fourth-order valence-electron chi connectivity index (χ4n) is 1.42. The molecule has 0 saturated heterocycles. The van der Waals surface area contributed by atoms with E-state index in [1.807, 2.05) is 0 Å². The Morgan fingerprint density at radius 3 is 2.47 bits per heavy atom. The lowest BCUT2D eigenvalue weighted by molar-refractivity contribution is 0.112. The van der Waals surface area contributed by atoms with Crippen LogP contribution < -0.4 is 9.47 Å². The zero-order chi connectivity index (χ0) is 14.1. The van der Waals surface area contributed by atoms with Crippen molar-refractivity contribution < 1.29 is 14.3 Å². The third kappa shape index (κ3) is 3.95. The summed E-state index contributed by atoms with van der Waals surface area (Å²) in [4.78, 5) is 13.4. The van der Waals surface area contributed by atoms with Gasteiger partial charge in [0, 0.05) is 23.4 Å². The van der Waals surface area contributed by atoms with Gasteiger partial charge in [-0.2, -0.15) is 0 Å². The summed E-state index contributed by atoms with van der Waals surface area (Å²) in [5.74, 6) is 6.70. The lowest BCUT2D eigenvalue weighted by atomic mass is 10.1. The van der Waals surface area contributed by atoms with Gasteiger partial charge in [0.1, 0.15) is 23.3 Å². The molecule has 0 unspecified atom stereocenters. The molecule has 1 rings (SSSR count). The quantitative estimate of drug-likeness (QED) is 0.203. The maximum absolute atomic E-state index is 10.8. The third-order valence-corrected chi connectivity index (χ3v) is 2.28. The highest BCUT2D eigenvalue weighted by atomic mass is 16.5. The first-order chi connectivity index (χ1) is 9.26. The van der Waals surface area contributed by atoms with Crippen molar-refractivity contribution in [3.8, 4) is 23.3 Å². The molecule has 98 valence electrons. The fourth-order valence-corrected chi connectivity index (χ4v) is 1.42. The van der Waals surface area contributed by atoms with Gasteiger partial charge in [0.2, 0.25) is 0 Å². The van der Waals surface area contributed by atoms with Crippen LogP contribution in [-0.2, 0) is 0 Å². The van der Waals surface area contributed by atoms with Gasteiger partial charge in [0.25, 0.3) is 0 Å². The molecule has 0 amide bonds. The second kappa shape index (κ2) is 7.64. The number of methoxy groups -OCH3 is 2. The number of hydrogen-bond donors (Lipinski definition) is 0. The number of azide groups is 1. The molecule has 0 atom stereocenters. The summed E-state index contributed by atoms with van der Waals surface area (Å²) in [6, 6.07) is 3.18. The maximum Gasteiger partial charge on any atom is 0.150 e. The molecule has 0 aliphatic rings. The van der Waals surface area contributed by atoms with E-state index in [2.05, 4.69) is 21.9 Å². The normalized spacial score (nSPS) is 8.74. The van der Waals surface area contributed by atoms with Crippen molar-refractivity contribution in [1.29, 1.82) is 0 Å². The Bertz CT molecular complexity index is 541. The standard InChI is InChI=1S/C13H13N3O3/c1-18-12-7-10(9-17)8-13(19-2)11(12)5-3-4-6-15-16-14/h7-9H,4,6H2,1-2H3. The molecule has 0 aromatic heterocycles. The fraction of sp³-hybridized carbons (Fsp3) is 0.308. The van der Waals surface area contributed by atoms with Crippen molar-refractivity contribution in [2.45, 2.75) is 6.42 Å². The second-order valence-corrected chi connectivity index (χ2v) is 3.42. The van der Waals surface area contributed by atoms with E-state index in [9.17, 15) is 4.79 Å². The van der Waals surface area contributed by atoms with Gasteiger partial charge in [-0.05, 0) is 17.7 Å². The molecule has 0 aliphatic heterocycles. The van der Waals surface area contributed by atoms with Crippen molar-refractivity contribution in [1.82, 2.24) is 0 Å². The number of aldehydes is 1. The van der Waals surface area contributed by atoms with Gasteiger partial charge in [0.05, 0.1) is 14.2 Å². The van der Waals surface area contributed by atoms with Crippen molar-refractivity contribution in [3.05, 3.63) is 33.7 Å². The van der Waals surface area contributed by atoms with Crippen LogP contribution in [0.1, 0.15) is 22.3 Å². The number of nitrogens with zero attached hydrogens (tertiary/aromatic N) is 3. The van der Waals surface area contributed by atoms with E-state index in [-0.39, 0.29) is 0 Å². The molecular weight excluding hydrogens is 246 g/mol. The molecule has 0 saturated carbocycles. The summed E-state index contributed by atoms with van der Waals surface area (Å²) in [7, 11) is 2.99. The summed E-state index contributed by atoms with van der Waals surface area (Å²) in [5.41, 5.74) is 9.16. The van der Waals surface area contributed by atoms with E-state index >= 15 is 0 Å². The van der Waals surface area contributed by atoms with Gasteiger partial charge in [-0.3, -0.25) is 4.79 Å². The summed E-state index contributed by atoms with van der Waals surface area (Å²) >= 11 is 0. The number of carbonyl (C=O) groups excluding carboxylic acids is 1. The van der Waals surface area contributed by atoms with Crippen LogP contribution in [0, 0.1) is 11.8 Å². The lowest BCUT2D eigenvalue weighted by Crippen LogP contribution is -1.96. The highest BCUT2D eigenvalue weighted by molar-refractivity contribution is 5.78. The number of hydrogen-bond acceptors (Lipinski definition) is 4. The average molecular weight is 259 g/mol. The maximum atomic E-state index is 10.8. The summed E-state index contributed by atoms with van der Waals surface area (Å²) < 4.78 is 10.4. The number of carbonyl (C=O) groups is 1. The smallest absolute Gasteiger partial charge is 0.150 e. The molecule has 1 aromatic carbocycles. The average Bonchev–Trinajstić information content (AvgIpc) is 2.46. The Balaban J connectivity index is 3.09. The molecule has 0 radical (unpaired) electrons. The van der Waals surface area contributed by atoms with Crippen LogP contribution in [0.4, 0.5) is 0 Å². The lowest BCUT2D eigenvalue weighted by Gasteiger charge is -2.09. The number of rotatable bonds is 5. The Morgan fingerprint density at radius 2 is 2.00 bits per heavy atom. The molecule has 0 N–H and O–H groups in total. The van der Waals surface area contributed by atoms with Crippen molar-refractivity contribution in [2.75, 3.05) is 20.8 Å². The molecule has 6 heteroatoms. The Morgan fingerprint density at radius 1 is 1.37 bits per heavy atom. The summed E-state index contributed by atoms with van der Waals surface area (Å²) in [6.07, 6.45) is 1.15. The first-order valence-electron chi connectivity index (χ1n) is 5.47. The van der Waals surface area contributed by atoms with Gasteiger partial charge in [-0.15, -0.1) is 0 Å². The molecular formula is C13H13N3O3. The van der Waals surface area contributed by atoms with Crippen molar-refractivity contribution in [3.63, 3.8) is 0 Å². The Kier molecular flexibility index (Phi) is 5.80. The Labute approximate surface area is 111 Å². The molecule has 0 spiro atoms. The summed E-state index contributed by atoms with van der Waals surface area (Å²) in [5, 5.41) is 3.38. The first-order valence-corrected chi connectivity index (χ1v) is 5.47. The van der Waals surface area contributed by atoms with Gasteiger partial charge in [-0.25, -0.2) is 0 Å². The summed E-state index contributed by atoms with van der Waals surface area (Å²) in [6.45, 7) is 0.306. The molecule has 0 fully saturated rings. The van der Waals surface area contributed by atoms with Crippen LogP contribution in [0.2, 0.25) is 0 Å². The van der Waals surface area contributed by atoms with E-state index in [4.69, 9.17) is 15.0 Å². The Hall–Kier alpha value is -2.64. The van der Waals surface area contributed by atoms with Crippen molar-refractivity contribution >= 4 is 6.29 Å². The number of ether oxygens (including phenoxy) is 2. The van der Waals surface area contributed by atoms with E-state index in [1.165, 1.54) is 14.2 Å². The van der Waals surface area contributed by atoms with Gasteiger partial charge >= 0.3 is 0 Å². The van der Waals surface area contributed by atoms with Crippen LogP contribution >= 0.6 is 0 Å². The van der Waals surface area contributed by atoms with E-state index in [1.54, 1.807) is 12.1 Å². The minimum atomic E-state index is 0.306. The second-order valence-electron chi connectivity index (χ2n) is 3.42. The zero-order valence-electron chi connectivity index (χ0n) is 10.7. The topological polar surface area (TPSA) is 84.3 Å². The molecule has 0 bridgehead atoms. The van der Waals surface area contributed by atoms with E-state index < -0.39 is 0 Å². The van der Waals surface area contributed by atoms with Gasteiger partial charge in [-0.1, -0.05) is 17.0 Å². The monoisotopic (exact) mass is 259 g/mol. The highest BCUT2D eigenvalue weighted by Gasteiger charge is 2.10. The SMILES string of the molecule is COc1cc(C=O)cc(OC)c1C#CCCN=[N+]=[N-]. The first kappa shape index (κ1) is 14.4. The van der Waals surface area contributed by atoms with Crippen LogP contribution in [-0.4, -0.2) is 27.1 Å². The van der Waals surface area contributed by atoms with Crippen molar-refractivity contribution in [2.24, 2.45) is 5.11 Å². The minimum Gasteiger partial charge on any atom is -0.495 e. The van der Waals surface area contributed by atoms with Gasteiger partial charge in [0.15, 0.2) is 0 Å². The largest absolute Gasteiger partial charge is 0.495 e. The molecule has 0 heterocycles. The zero-order valence-corrected chi connectivity index (χ0v) is 10.7. The van der Waals surface area contributed by atoms with Crippen LogP contribution in [0.15, 0.2) is 17.2 Å². The number of benzene rings is 1. The molecule has 0 aliphatic carbocycles. The van der Waals surface area contributed by atoms with Crippen LogP contribution in [0.25, 0.3) is 10.4 Å². The van der Waals surface area contributed by atoms with E-state index in [0.717, 1.165) is 0 Å².